The SMILES string of the molecule is CC(C)(C)OC(=O)Nc1ccc(-c2ccc(F)cc2)cc1NC(=O)c1ccc(S(=N)(=O)c2cnccc2O)cc1. The van der Waals surface area contributed by atoms with Crippen molar-refractivity contribution in [3.8, 4) is 16.9 Å². The lowest BCUT2D eigenvalue weighted by molar-refractivity contribution is 0.0635. The highest BCUT2D eigenvalue weighted by Crippen LogP contribution is 2.31. The van der Waals surface area contributed by atoms with Gasteiger partial charge in [0, 0.05) is 18.0 Å². The Morgan fingerprint density at radius 2 is 1.57 bits per heavy atom. The highest BCUT2D eigenvalue weighted by molar-refractivity contribution is 7.92. The number of anilines is 2. The van der Waals surface area contributed by atoms with Gasteiger partial charge in [-0.1, -0.05) is 18.2 Å². The molecule has 206 valence electrons. The first kappa shape index (κ1) is 28.2. The molecule has 4 rings (SSSR count). The minimum atomic E-state index is -3.58. The van der Waals surface area contributed by atoms with Crippen LogP contribution < -0.4 is 10.6 Å². The van der Waals surface area contributed by atoms with Crippen molar-refractivity contribution in [2.45, 2.75) is 36.2 Å². The standard InChI is InChI=1S/C29H27FN4O5S/c1-29(2,3)39-28(37)34-23-13-8-20(18-4-9-21(30)10-5-18)16-24(23)33-27(36)19-6-11-22(12-7-19)40(31,38)26-17-32-15-14-25(26)35/h4-17,31H,1-3H3,(H,32,35)(H,33,36)(H,34,37). The van der Waals surface area contributed by atoms with E-state index in [0.29, 0.717) is 11.1 Å². The molecule has 1 atom stereocenters. The molecule has 0 aliphatic carbocycles. The number of aromatic hydroxyl groups is 1. The molecule has 40 heavy (non-hydrogen) atoms. The normalized spacial score (nSPS) is 12.7. The average Bonchev–Trinajstić information content (AvgIpc) is 2.89. The molecule has 0 saturated heterocycles. The molecule has 0 saturated carbocycles. The van der Waals surface area contributed by atoms with Crippen LogP contribution in [0.25, 0.3) is 11.1 Å². The van der Waals surface area contributed by atoms with E-state index in [1.807, 2.05) is 0 Å². The van der Waals surface area contributed by atoms with Crippen molar-refractivity contribution in [3.63, 3.8) is 0 Å². The van der Waals surface area contributed by atoms with Crippen molar-refractivity contribution in [1.82, 2.24) is 4.98 Å². The van der Waals surface area contributed by atoms with E-state index in [-0.39, 0.29) is 38.3 Å². The monoisotopic (exact) mass is 562 g/mol. The average molecular weight is 563 g/mol. The molecule has 2 amide bonds. The summed E-state index contributed by atoms with van der Waals surface area (Å²) in [6, 6.07) is 17.5. The summed E-state index contributed by atoms with van der Waals surface area (Å²) in [6.07, 6.45) is 1.77. The van der Waals surface area contributed by atoms with Gasteiger partial charge in [-0.15, -0.1) is 0 Å². The lowest BCUT2D eigenvalue weighted by Crippen LogP contribution is -2.27. The molecule has 9 nitrogen and oxygen atoms in total. The van der Waals surface area contributed by atoms with Crippen LogP contribution in [0.5, 0.6) is 5.75 Å². The minimum Gasteiger partial charge on any atom is -0.507 e. The van der Waals surface area contributed by atoms with Crippen LogP contribution >= 0.6 is 0 Å². The summed E-state index contributed by atoms with van der Waals surface area (Å²) in [5, 5.41) is 15.4. The number of hydrogen-bond acceptors (Lipinski definition) is 7. The molecule has 0 aliphatic rings. The second-order valence-corrected chi connectivity index (χ2v) is 11.8. The number of amides is 2. The van der Waals surface area contributed by atoms with Crippen molar-refractivity contribution in [3.05, 3.63) is 96.6 Å². The number of hydrogen-bond donors (Lipinski definition) is 4. The van der Waals surface area contributed by atoms with Gasteiger partial charge in [0.15, 0.2) is 0 Å². The number of nitrogens with zero attached hydrogens (tertiary/aromatic N) is 1. The smallest absolute Gasteiger partial charge is 0.412 e. The van der Waals surface area contributed by atoms with Gasteiger partial charge in [-0.05, 0) is 86.5 Å². The fraction of sp³-hybridized carbons (Fsp3) is 0.138. The van der Waals surface area contributed by atoms with Gasteiger partial charge in [-0.3, -0.25) is 15.1 Å². The molecule has 4 N–H and O–H groups in total. The number of carbonyl (C=O) groups is 2. The topological polar surface area (TPSA) is 141 Å². The van der Waals surface area contributed by atoms with Crippen LogP contribution in [0.2, 0.25) is 0 Å². The first-order valence-corrected chi connectivity index (χ1v) is 13.6. The Kier molecular flexibility index (Phi) is 7.87. The summed E-state index contributed by atoms with van der Waals surface area (Å²) in [5.41, 5.74) is 1.31. The van der Waals surface area contributed by atoms with Crippen LogP contribution in [-0.4, -0.2) is 31.9 Å². The second kappa shape index (κ2) is 11.1. The quantitative estimate of drug-likeness (QED) is 0.207. The van der Waals surface area contributed by atoms with E-state index in [2.05, 4.69) is 15.6 Å². The summed E-state index contributed by atoms with van der Waals surface area (Å²) in [4.78, 5) is 29.4. The fourth-order valence-corrected chi connectivity index (χ4v) is 5.05. The van der Waals surface area contributed by atoms with E-state index in [1.54, 1.807) is 51.1 Å². The number of nitrogens with one attached hydrogen (secondary N) is 3. The molecule has 11 heteroatoms. The Labute approximate surface area is 231 Å². The fourth-order valence-electron chi connectivity index (χ4n) is 3.71. The lowest BCUT2D eigenvalue weighted by atomic mass is 10.0. The van der Waals surface area contributed by atoms with Crippen LogP contribution in [0.4, 0.5) is 20.6 Å². The second-order valence-electron chi connectivity index (χ2n) is 9.77. The Balaban J connectivity index is 1.63. The minimum absolute atomic E-state index is 0.0814. The zero-order valence-electron chi connectivity index (χ0n) is 21.9. The van der Waals surface area contributed by atoms with Crippen molar-refractivity contribution < 1.29 is 28.0 Å². The third-order valence-corrected chi connectivity index (χ3v) is 7.47. The molecular formula is C29H27FN4O5S. The largest absolute Gasteiger partial charge is 0.507 e. The van der Waals surface area contributed by atoms with E-state index in [0.717, 1.165) is 0 Å². The molecule has 0 aliphatic heterocycles. The molecule has 0 spiro atoms. The number of benzene rings is 3. The van der Waals surface area contributed by atoms with Gasteiger partial charge in [-0.25, -0.2) is 18.2 Å². The summed E-state index contributed by atoms with van der Waals surface area (Å²) < 4.78 is 40.2. The van der Waals surface area contributed by atoms with E-state index >= 15 is 0 Å². The highest BCUT2D eigenvalue weighted by atomic mass is 32.2. The molecule has 4 aromatic rings. The number of halogens is 1. The number of pyridine rings is 1. The van der Waals surface area contributed by atoms with Gasteiger partial charge in [0.2, 0.25) is 0 Å². The molecule has 0 bridgehead atoms. The molecule has 0 radical (unpaired) electrons. The molecule has 0 fully saturated rings. The third kappa shape index (κ3) is 6.62. The number of rotatable bonds is 6. The van der Waals surface area contributed by atoms with E-state index in [4.69, 9.17) is 9.52 Å². The third-order valence-electron chi connectivity index (χ3n) is 5.60. The van der Waals surface area contributed by atoms with Crippen LogP contribution in [0.1, 0.15) is 31.1 Å². The Bertz CT molecular complexity index is 1670. The molecule has 1 heterocycles. The summed E-state index contributed by atoms with van der Waals surface area (Å²) in [6.45, 7) is 5.17. The van der Waals surface area contributed by atoms with Crippen LogP contribution in [-0.2, 0) is 14.5 Å². The summed E-state index contributed by atoms with van der Waals surface area (Å²) >= 11 is 0. The van der Waals surface area contributed by atoms with Gasteiger partial charge in [0.1, 0.15) is 31.8 Å². The zero-order valence-corrected chi connectivity index (χ0v) is 22.7. The van der Waals surface area contributed by atoms with E-state index < -0.39 is 27.3 Å². The maximum atomic E-state index is 13.4. The van der Waals surface area contributed by atoms with Gasteiger partial charge >= 0.3 is 6.09 Å². The maximum Gasteiger partial charge on any atom is 0.412 e. The van der Waals surface area contributed by atoms with E-state index in [9.17, 15) is 23.3 Å². The molecule has 1 unspecified atom stereocenters. The zero-order chi connectivity index (χ0) is 29.1. The van der Waals surface area contributed by atoms with Gasteiger partial charge < -0.3 is 15.2 Å². The predicted octanol–water partition coefficient (Wildman–Crippen LogP) is 6.66. The van der Waals surface area contributed by atoms with Crippen molar-refractivity contribution in [2.75, 3.05) is 10.6 Å². The molecule has 3 aromatic carbocycles. The van der Waals surface area contributed by atoms with Crippen molar-refractivity contribution in [1.29, 1.82) is 4.78 Å². The number of ether oxygens (including phenoxy) is 1. The lowest BCUT2D eigenvalue weighted by Gasteiger charge is -2.21. The maximum absolute atomic E-state index is 13.4. The van der Waals surface area contributed by atoms with Gasteiger partial charge in [-0.2, -0.15) is 0 Å². The Hall–Kier alpha value is -4.77. The summed E-state index contributed by atoms with van der Waals surface area (Å²) in [7, 11) is -3.58. The first-order valence-electron chi connectivity index (χ1n) is 12.1. The van der Waals surface area contributed by atoms with Crippen LogP contribution in [0.15, 0.2) is 95.0 Å². The molecule has 1 aromatic heterocycles. The van der Waals surface area contributed by atoms with Crippen LogP contribution in [0, 0.1) is 10.6 Å². The van der Waals surface area contributed by atoms with Gasteiger partial charge in [0.25, 0.3) is 5.91 Å². The predicted molar refractivity (Wildman–Crippen MR) is 149 cm³/mol. The Morgan fingerprint density at radius 3 is 2.20 bits per heavy atom. The van der Waals surface area contributed by atoms with Crippen molar-refractivity contribution in [2.24, 2.45) is 0 Å². The first-order chi connectivity index (χ1) is 18.8. The van der Waals surface area contributed by atoms with Gasteiger partial charge in [0.05, 0.1) is 16.3 Å². The highest BCUT2D eigenvalue weighted by Gasteiger charge is 2.20. The van der Waals surface area contributed by atoms with Crippen molar-refractivity contribution >= 4 is 33.1 Å². The van der Waals surface area contributed by atoms with Crippen LogP contribution in [0.3, 0.4) is 0 Å². The molecular weight excluding hydrogens is 535 g/mol. The number of carbonyl (C=O) groups excluding carboxylic acids is 2. The number of aromatic nitrogens is 1. The Morgan fingerprint density at radius 1 is 0.925 bits per heavy atom. The van der Waals surface area contributed by atoms with E-state index in [1.165, 1.54) is 54.9 Å². The summed E-state index contributed by atoms with van der Waals surface area (Å²) in [5.74, 6) is -1.25.